The number of halogens is 1. The van der Waals surface area contributed by atoms with Gasteiger partial charge in [-0.1, -0.05) is 41.9 Å². The molecule has 148 valence electrons. The summed E-state index contributed by atoms with van der Waals surface area (Å²) < 4.78 is 1.53. The van der Waals surface area contributed by atoms with Gasteiger partial charge in [0, 0.05) is 16.1 Å². The van der Waals surface area contributed by atoms with Crippen molar-refractivity contribution in [3.8, 4) is 5.69 Å². The molecule has 1 amide bonds. The van der Waals surface area contributed by atoms with Crippen LogP contribution in [0.5, 0.6) is 0 Å². The van der Waals surface area contributed by atoms with E-state index in [0.29, 0.717) is 34.2 Å². The maximum atomic E-state index is 13.2. The molecule has 2 heterocycles. The van der Waals surface area contributed by atoms with Gasteiger partial charge >= 0.3 is 0 Å². The topological polar surface area (TPSA) is 94.1 Å². The number of rotatable bonds is 6. The maximum Gasteiger partial charge on any atom is 0.288 e. The van der Waals surface area contributed by atoms with E-state index in [2.05, 4.69) is 15.0 Å². The molecule has 3 aromatic rings. The molecule has 4 rings (SSSR count). The summed E-state index contributed by atoms with van der Waals surface area (Å²) in [5.74, 6) is -0.417. The van der Waals surface area contributed by atoms with Crippen LogP contribution in [0, 0.1) is 0 Å². The number of hydrogen-bond donors (Lipinski definition) is 1. The molecule has 0 saturated carbocycles. The number of hydrogen-bond acceptors (Lipinski definition) is 5. The van der Waals surface area contributed by atoms with Crippen molar-refractivity contribution in [3.05, 3.63) is 76.3 Å². The number of carbonyl (C=O) groups excluding carboxylic acids is 2. The molecule has 1 aliphatic heterocycles. The van der Waals surface area contributed by atoms with E-state index in [1.165, 1.54) is 4.68 Å². The number of likely N-dealkylation sites (tertiary alicyclic amines) is 1. The van der Waals surface area contributed by atoms with Crippen LogP contribution in [0.1, 0.15) is 45.2 Å². The fraction of sp³-hybridized carbons (Fsp3) is 0.238. The molecule has 8 heteroatoms. The number of amides is 1. The Morgan fingerprint density at radius 2 is 1.79 bits per heavy atom. The Bertz CT molecular complexity index is 1060. The van der Waals surface area contributed by atoms with E-state index in [9.17, 15) is 9.59 Å². The molecular formula is C21H20ClN5O2. The van der Waals surface area contributed by atoms with Crippen LogP contribution in [0.2, 0.25) is 5.02 Å². The highest BCUT2D eigenvalue weighted by atomic mass is 35.5. The molecule has 0 atom stereocenters. The number of benzene rings is 2. The van der Waals surface area contributed by atoms with Crippen molar-refractivity contribution in [2.75, 3.05) is 13.1 Å². The lowest BCUT2D eigenvalue weighted by Crippen LogP contribution is -2.22. The fourth-order valence-corrected chi connectivity index (χ4v) is 3.68. The molecule has 1 saturated heterocycles. The van der Waals surface area contributed by atoms with Crippen molar-refractivity contribution >= 4 is 23.3 Å². The van der Waals surface area contributed by atoms with Crippen LogP contribution in [-0.2, 0) is 6.54 Å². The van der Waals surface area contributed by atoms with Gasteiger partial charge in [0.1, 0.15) is 5.82 Å². The van der Waals surface area contributed by atoms with Crippen LogP contribution >= 0.6 is 11.6 Å². The maximum absolute atomic E-state index is 13.2. The van der Waals surface area contributed by atoms with Gasteiger partial charge in [0.15, 0.2) is 5.78 Å². The molecule has 2 N–H and O–H groups in total. The molecular weight excluding hydrogens is 390 g/mol. The molecule has 2 aromatic carbocycles. The average molecular weight is 410 g/mol. The lowest BCUT2D eigenvalue weighted by molar-refractivity contribution is 0.0989. The van der Waals surface area contributed by atoms with Gasteiger partial charge < -0.3 is 5.73 Å². The standard InChI is InChI=1S/C21H20ClN5O2/c22-15-8-9-17(16(12-15)19(28)14-6-2-1-3-7-14)27-18(13-26-10-4-5-11-26)24-21(25-27)20(23)29/h1-3,6-9,12H,4-5,10-11,13H2,(H2,23,29). The number of ketones is 1. The Morgan fingerprint density at radius 3 is 2.48 bits per heavy atom. The summed E-state index contributed by atoms with van der Waals surface area (Å²) in [5, 5.41) is 4.73. The summed E-state index contributed by atoms with van der Waals surface area (Å²) in [6.07, 6.45) is 2.24. The van der Waals surface area contributed by atoms with Gasteiger partial charge in [-0.25, -0.2) is 9.67 Å². The van der Waals surface area contributed by atoms with Crippen molar-refractivity contribution in [1.82, 2.24) is 19.7 Å². The summed E-state index contributed by atoms with van der Waals surface area (Å²) in [7, 11) is 0. The van der Waals surface area contributed by atoms with Crippen LogP contribution in [0.3, 0.4) is 0 Å². The van der Waals surface area contributed by atoms with Crippen LogP contribution in [-0.4, -0.2) is 44.4 Å². The van der Waals surface area contributed by atoms with E-state index in [1.807, 2.05) is 6.07 Å². The van der Waals surface area contributed by atoms with E-state index >= 15 is 0 Å². The first kappa shape index (κ1) is 19.3. The lowest BCUT2D eigenvalue weighted by Gasteiger charge is -2.16. The highest BCUT2D eigenvalue weighted by molar-refractivity contribution is 6.31. The largest absolute Gasteiger partial charge is 0.363 e. The number of nitrogens with two attached hydrogens (primary N) is 1. The van der Waals surface area contributed by atoms with E-state index in [-0.39, 0.29) is 11.6 Å². The summed E-state index contributed by atoms with van der Waals surface area (Å²) in [4.78, 5) is 31.5. The second kappa shape index (κ2) is 8.14. The summed E-state index contributed by atoms with van der Waals surface area (Å²) in [6, 6.07) is 13.9. The first-order chi connectivity index (χ1) is 14.0. The molecule has 1 fully saturated rings. The molecule has 0 spiro atoms. The van der Waals surface area contributed by atoms with Crippen molar-refractivity contribution < 1.29 is 9.59 Å². The Labute approximate surface area is 173 Å². The third-order valence-corrected chi connectivity index (χ3v) is 5.16. The highest BCUT2D eigenvalue weighted by Gasteiger charge is 2.23. The Morgan fingerprint density at radius 1 is 1.07 bits per heavy atom. The predicted molar refractivity (Wildman–Crippen MR) is 109 cm³/mol. The van der Waals surface area contributed by atoms with E-state index in [0.717, 1.165) is 25.9 Å². The van der Waals surface area contributed by atoms with Gasteiger partial charge in [0.05, 0.1) is 12.2 Å². The van der Waals surface area contributed by atoms with Gasteiger partial charge in [0.25, 0.3) is 5.91 Å². The second-order valence-electron chi connectivity index (χ2n) is 6.97. The summed E-state index contributed by atoms with van der Waals surface area (Å²) in [6.45, 7) is 2.42. The van der Waals surface area contributed by atoms with Crippen molar-refractivity contribution in [2.24, 2.45) is 5.73 Å². The first-order valence-corrected chi connectivity index (χ1v) is 9.78. The molecule has 0 unspecified atom stereocenters. The SMILES string of the molecule is NC(=O)c1nc(CN2CCCC2)n(-c2ccc(Cl)cc2C(=O)c2ccccc2)n1. The van der Waals surface area contributed by atoms with Crippen molar-refractivity contribution in [3.63, 3.8) is 0 Å². The molecule has 0 aliphatic carbocycles. The van der Waals surface area contributed by atoms with Gasteiger partial charge in [-0.05, 0) is 44.1 Å². The van der Waals surface area contributed by atoms with Crippen LogP contribution < -0.4 is 5.73 Å². The molecule has 0 bridgehead atoms. The third-order valence-electron chi connectivity index (χ3n) is 4.93. The van der Waals surface area contributed by atoms with E-state index in [1.54, 1.807) is 42.5 Å². The van der Waals surface area contributed by atoms with Crippen LogP contribution in [0.4, 0.5) is 0 Å². The normalized spacial score (nSPS) is 14.2. The smallest absolute Gasteiger partial charge is 0.288 e. The molecule has 7 nitrogen and oxygen atoms in total. The minimum absolute atomic E-state index is 0.0766. The molecule has 29 heavy (non-hydrogen) atoms. The van der Waals surface area contributed by atoms with Gasteiger partial charge in [-0.3, -0.25) is 14.5 Å². The average Bonchev–Trinajstić information content (AvgIpc) is 3.38. The van der Waals surface area contributed by atoms with Crippen LogP contribution in [0.15, 0.2) is 48.5 Å². The summed E-state index contributed by atoms with van der Waals surface area (Å²) in [5.41, 5.74) is 6.84. The number of primary amides is 1. The Kier molecular flexibility index (Phi) is 5.42. The number of nitrogens with zero attached hydrogens (tertiary/aromatic N) is 4. The zero-order valence-corrected chi connectivity index (χ0v) is 16.5. The summed E-state index contributed by atoms with van der Waals surface area (Å²) >= 11 is 6.19. The Hall–Kier alpha value is -3.03. The predicted octanol–water partition coefficient (Wildman–Crippen LogP) is 2.85. The van der Waals surface area contributed by atoms with Crippen LogP contribution in [0.25, 0.3) is 5.69 Å². The minimum atomic E-state index is -0.712. The molecule has 0 radical (unpaired) electrons. The quantitative estimate of drug-likeness (QED) is 0.632. The minimum Gasteiger partial charge on any atom is -0.363 e. The van der Waals surface area contributed by atoms with Crippen molar-refractivity contribution in [2.45, 2.75) is 19.4 Å². The van der Waals surface area contributed by atoms with Crippen molar-refractivity contribution in [1.29, 1.82) is 0 Å². The van der Waals surface area contributed by atoms with Gasteiger partial charge in [0.2, 0.25) is 5.82 Å². The highest BCUT2D eigenvalue weighted by Crippen LogP contribution is 2.24. The zero-order chi connectivity index (χ0) is 20.4. The number of carbonyl (C=O) groups is 2. The Balaban J connectivity index is 1.82. The third kappa shape index (κ3) is 4.06. The molecule has 1 aromatic heterocycles. The molecule has 1 aliphatic rings. The van der Waals surface area contributed by atoms with Gasteiger partial charge in [-0.15, -0.1) is 5.10 Å². The second-order valence-corrected chi connectivity index (χ2v) is 7.40. The monoisotopic (exact) mass is 409 g/mol. The lowest BCUT2D eigenvalue weighted by atomic mass is 10.0. The fourth-order valence-electron chi connectivity index (χ4n) is 3.50. The van der Waals surface area contributed by atoms with E-state index in [4.69, 9.17) is 17.3 Å². The zero-order valence-electron chi connectivity index (χ0n) is 15.7. The number of aromatic nitrogens is 3. The van der Waals surface area contributed by atoms with Gasteiger partial charge in [-0.2, -0.15) is 0 Å². The first-order valence-electron chi connectivity index (χ1n) is 9.40. The van der Waals surface area contributed by atoms with E-state index < -0.39 is 5.91 Å².